The molecule has 3 aromatic carbocycles. The van der Waals surface area contributed by atoms with Crippen LogP contribution in [-0.4, -0.2) is 85.6 Å². The molecule has 330 valence electrons. The minimum absolute atomic E-state index is 0.00637. The summed E-state index contributed by atoms with van der Waals surface area (Å²) in [5.41, 5.74) is 3.70. The standard InChI is InChI=1S/C46H56N6O9S/c1-46(2,33-17-21-36(22-18-33)61-31-34-25-27-48-45(49-34)51-62(3,57)58)32-15-19-35(20-16-32)60-30-10-7-5-4-6-9-28-59-29-11-8-26-47-38-14-12-13-37-41(38)44(56)52(43(37)55)39-23-24-40(53)50-42(39)54/h12-22,25,27,39,47H,4-11,23-24,26,28-31H2,1-3H3,(H,48,49,51)(H,50,53,54). The van der Waals surface area contributed by atoms with Crippen molar-refractivity contribution in [1.82, 2.24) is 20.2 Å². The molecule has 4 amide bonds. The molecule has 0 bridgehead atoms. The zero-order chi connectivity index (χ0) is 44.1. The number of hydrogen-bond donors (Lipinski definition) is 3. The third-order valence-corrected chi connectivity index (χ3v) is 11.5. The molecule has 15 nitrogen and oxygen atoms in total. The number of nitrogens with one attached hydrogen (secondary N) is 3. The number of carbonyl (C=O) groups is 4. The van der Waals surface area contributed by atoms with Gasteiger partial charge in [0, 0.05) is 43.5 Å². The fourth-order valence-corrected chi connectivity index (χ4v) is 7.90. The smallest absolute Gasteiger partial charge is 0.264 e. The molecule has 2 aliphatic heterocycles. The molecule has 0 spiro atoms. The van der Waals surface area contributed by atoms with E-state index in [9.17, 15) is 27.6 Å². The lowest BCUT2D eigenvalue weighted by Gasteiger charge is -2.27. The van der Waals surface area contributed by atoms with Crippen LogP contribution >= 0.6 is 0 Å². The maximum atomic E-state index is 13.3. The Kier molecular flexibility index (Phi) is 15.7. The Labute approximate surface area is 363 Å². The monoisotopic (exact) mass is 868 g/mol. The summed E-state index contributed by atoms with van der Waals surface area (Å²) in [6, 6.07) is 22.0. The van der Waals surface area contributed by atoms with E-state index in [0.717, 1.165) is 80.4 Å². The van der Waals surface area contributed by atoms with Crippen LogP contribution < -0.4 is 24.8 Å². The third kappa shape index (κ3) is 12.4. The van der Waals surface area contributed by atoms with Crippen molar-refractivity contribution in [1.29, 1.82) is 0 Å². The lowest BCUT2D eigenvalue weighted by molar-refractivity contribution is -0.136. The minimum Gasteiger partial charge on any atom is -0.494 e. The number of unbranched alkanes of at least 4 members (excludes halogenated alkanes) is 6. The van der Waals surface area contributed by atoms with Gasteiger partial charge in [0.05, 0.1) is 29.7 Å². The highest BCUT2D eigenvalue weighted by atomic mass is 32.2. The van der Waals surface area contributed by atoms with Crippen LogP contribution in [0.2, 0.25) is 0 Å². The van der Waals surface area contributed by atoms with Crippen molar-refractivity contribution in [2.24, 2.45) is 0 Å². The Morgan fingerprint density at radius 1 is 0.774 bits per heavy atom. The van der Waals surface area contributed by atoms with E-state index in [1.165, 1.54) is 11.8 Å². The summed E-state index contributed by atoms with van der Waals surface area (Å²) in [5, 5.41) is 5.50. The van der Waals surface area contributed by atoms with Crippen molar-refractivity contribution in [3.63, 3.8) is 0 Å². The molecule has 62 heavy (non-hydrogen) atoms. The van der Waals surface area contributed by atoms with Gasteiger partial charge < -0.3 is 19.5 Å². The fourth-order valence-electron chi connectivity index (χ4n) is 7.47. The summed E-state index contributed by atoms with van der Waals surface area (Å²) in [7, 11) is -3.47. The van der Waals surface area contributed by atoms with Gasteiger partial charge in [0.25, 0.3) is 11.8 Å². The molecule has 3 N–H and O–H groups in total. The molecule has 16 heteroatoms. The number of rotatable bonds is 24. The molecule has 1 aromatic heterocycles. The zero-order valence-corrected chi connectivity index (χ0v) is 36.4. The number of amides is 4. The van der Waals surface area contributed by atoms with Gasteiger partial charge >= 0.3 is 0 Å². The van der Waals surface area contributed by atoms with Gasteiger partial charge in [-0.05, 0) is 85.7 Å². The van der Waals surface area contributed by atoms with E-state index in [1.807, 2.05) is 36.4 Å². The summed E-state index contributed by atoms with van der Waals surface area (Å²) < 4.78 is 43.0. The Bertz CT molecular complexity index is 2300. The SMILES string of the molecule is CC(C)(c1ccc(OCCCCCCCCOCCCCNc2cccc3c2C(=O)N(C2CCC(=O)NC2=O)C3=O)cc1)c1ccc(OCc2ccnc(NS(C)(=O)=O)n2)cc1. The van der Waals surface area contributed by atoms with Gasteiger partial charge in [0.1, 0.15) is 24.1 Å². The van der Waals surface area contributed by atoms with Crippen molar-refractivity contribution in [3.8, 4) is 11.5 Å². The minimum atomic E-state index is -3.47. The number of nitrogens with zero attached hydrogens (tertiary/aromatic N) is 3. The predicted molar refractivity (Wildman–Crippen MR) is 235 cm³/mol. The van der Waals surface area contributed by atoms with Gasteiger partial charge in [0.2, 0.25) is 27.8 Å². The van der Waals surface area contributed by atoms with Gasteiger partial charge in [-0.15, -0.1) is 0 Å². The number of imide groups is 2. The van der Waals surface area contributed by atoms with Crippen molar-refractivity contribution < 1.29 is 41.8 Å². The summed E-state index contributed by atoms with van der Waals surface area (Å²) in [5.74, 6) is -0.511. The molecule has 1 unspecified atom stereocenters. The van der Waals surface area contributed by atoms with Crippen molar-refractivity contribution in [2.45, 2.75) is 96.1 Å². The number of sulfonamides is 1. The van der Waals surface area contributed by atoms with Gasteiger partial charge in [-0.1, -0.05) is 69.9 Å². The average Bonchev–Trinajstić information content (AvgIpc) is 3.50. The second-order valence-corrected chi connectivity index (χ2v) is 17.8. The van der Waals surface area contributed by atoms with E-state index in [4.69, 9.17) is 14.2 Å². The molecular formula is C46H56N6O9S. The Balaban J connectivity index is 0.786. The molecule has 0 aliphatic carbocycles. The average molecular weight is 869 g/mol. The van der Waals surface area contributed by atoms with Crippen molar-refractivity contribution in [3.05, 3.63) is 107 Å². The molecule has 1 fully saturated rings. The van der Waals surface area contributed by atoms with Crippen molar-refractivity contribution >= 4 is 45.3 Å². The normalized spacial score (nSPS) is 15.3. The van der Waals surface area contributed by atoms with Crippen LogP contribution in [0.4, 0.5) is 11.6 Å². The topological polar surface area (TPSA) is 195 Å². The lowest BCUT2D eigenvalue weighted by atomic mass is 9.78. The number of anilines is 2. The number of piperidine rings is 1. The maximum Gasteiger partial charge on any atom is 0.264 e. The number of fused-ring (bicyclic) bond motifs is 1. The number of aromatic nitrogens is 2. The summed E-state index contributed by atoms with van der Waals surface area (Å²) in [4.78, 5) is 59.3. The van der Waals surface area contributed by atoms with E-state index >= 15 is 0 Å². The van der Waals surface area contributed by atoms with E-state index < -0.39 is 39.7 Å². The van der Waals surface area contributed by atoms with Gasteiger partial charge in [-0.25, -0.2) is 18.4 Å². The van der Waals surface area contributed by atoms with Crippen LogP contribution in [0, 0.1) is 0 Å². The quantitative estimate of drug-likeness (QED) is 0.0494. The number of ether oxygens (including phenoxy) is 3. The molecule has 1 saturated heterocycles. The van der Waals surface area contributed by atoms with E-state index in [-0.39, 0.29) is 41.9 Å². The number of benzene rings is 3. The van der Waals surface area contributed by atoms with Crippen molar-refractivity contribution in [2.75, 3.05) is 42.7 Å². The van der Waals surface area contributed by atoms with E-state index in [2.05, 4.69) is 51.3 Å². The van der Waals surface area contributed by atoms with Crippen LogP contribution in [0.25, 0.3) is 0 Å². The van der Waals surface area contributed by atoms with Gasteiger partial charge in [-0.3, -0.25) is 34.1 Å². The highest BCUT2D eigenvalue weighted by Crippen LogP contribution is 2.34. The zero-order valence-electron chi connectivity index (χ0n) is 35.6. The van der Waals surface area contributed by atoms with Gasteiger partial charge in [0.15, 0.2) is 0 Å². The molecule has 0 saturated carbocycles. The Hall–Kier alpha value is -5.87. The maximum absolute atomic E-state index is 13.3. The Morgan fingerprint density at radius 3 is 2.06 bits per heavy atom. The summed E-state index contributed by atoms with van der Waals surface area (Å²) in [6.45, 7) is 7.19. The Morgan fingerprint density at radius 2 is 1.40 bits per heavy atom. The van der Waals surface area contributed by atoms with Gasteiger partial charge in [-0.2, -0.15) is 0 Å². The molecule has 1 atom stereocenters. The largest absolute Gasteiger partial charge is 0.494 e. The molecule has 6 rings (SSSR count). The van der Waals surface area contributed by atoms with E-state index in [1.54, 1.807) is 24.3 Å². The fraction of sp³-hybridized carbons (Fsp3) is 0.435. The first kappa shape index (κ1) is 45.7. The number of carbonyl (C=O) groups excluding carboxylic acids is 4. The second-order valence-electron chi connectivity index (χ2n) is 16.1. The van der Waals surface area contributed by atoms with Crippen LogP contribution in [0.1, 0.15) is 116 Å². The molecule has 0 radical (unpaired) electrons. The van der Waals surface area contributed by atoms with Crippen LogP contribution in [0.15, 0.2) is 79.0 Å². The highest BCUT2D eigenvalue weighted by Gasteiger charge is 2.45. The first-order chi connectivity index (χ1) is 29.8. The summed E-state index contributed by atoms with van der Waals surface area (Å²) in [6.07, 6.45) is 11.0. The predicted octanol–water partition coefficient (Wildman–Crippen LogP) is 6.78. The molecule has 2 aliphatic rings. The van der Waals surface area contributed by atoms with Crippen LogP contribution in [-0.2, 0) is 36.4 Å². The second kappa shape index (κ2) is 21.3. The van der Waals surface area contributed by atoms with E-state index in [0.29, 0.717) is 36.9 Å². The molecular weight excluding hydrogens is 813 g/mol. The highest BCUT2D eigenvalue weighted by molar-refractivity contribution is 7.92. The molecule has 4 aromatic rings. The lowest BCUT2D eigenvalue weighted by Crippen LogP contribution is -2.54. The number of hydrogen-bond acceptors (Lipinski definition) is 12. The molecule has 3 heterocycles. The summed E-state index contributed by atoms with van der Waals surface area (Å²) >= 11 is 0. The first-order valence-corrected chi connectivity index (χ1v) is 23.1. The first-order valence-electron chi connectivity index (χ1n) is 21.2. The van der Waals surface area contributed by atoms with Crippen LogP contribution in [0.3, 0.4) is 0 Å². The third-order valence-electron chi connectivity index (χ3n) is 11.0. The van der Waals surface area contributed by atoms with Crippen LogP contribution in [0.5, 0.6) is 11.5 Å².